The van der Waals surface area contributed by atoms with Crippen molar-refractivity contribution in [3.8, 4) is 0 Å². The molecule has 4 aliphatic rings. The number of rotatable bonds is 4. The van der Waals surface area contributed by atoms with Crippen molar-refractivity contribution in [1.82, 2.24) is 0 Å². The molecule has 2 aromatic rings. The predicted molar refractivity (Wildman–Crippen MR) is 106 cm³/mol. The molecule has 0 radical (unpaired) electrons. The molecule has 0 spiro atoms. The molecule has 0 atom stereocenters. The molecule has 6 rings (SSSR count). The van der Waals surface area contributed by atoms with Gasteiger partial charge in [-0.1, -0.05) is 60.7 Å². The highest BCUT2D eigenvalue weighted by Crippen LogP contribution is 2.63. The zero-order valence-corrected chi connectivity index (χ0v) is 15.2. The van der Waals surface area contributed by atoms with E-state index in [0.29, 0.717) is 0 Å². The van der Waals surface area contributed by atoms with Crippen molar-refractivity contribution in [2.45, 2.75) is 38.5 Å². The molecule has 2 aromatic carbocycles. The van der Waals surface area contributed by atoms with Crippen molar-refractivity contribution in [2.75, 3.05) is 0 Å². The van der Waals surface area contributed by atoms with E-state index in [1.54, 1.807) is 0 Å². The van der Waals surface area contributed by atoms with E-state index in [1.165, 1.54) is 38.5 Å². The molecule has 0 aliphatic heterocycles. The van der Waals surface area contributed by atoms with E-state index in [2.05, 4.69) is 30.3 Å². The number of hydrogen-bond acceptors (Lipinski definition) is 1. The Bertz CT molecular complexity index is 796. The smallest absolute Gasteiger partial charge is 0.189 e. The summed E-state index contributed by atoms with van der Waals surface area (Å²) in [7, 11) is 0. The van der Waals surface area contributed by atoms with E-state index in [0.717, 1.165) is 34.5 Å². The van der Waals surface area contributed by atoms with Crippen molar-refractivity contribution in [3.05, 3.63) is 77.4 Å². The largest absolute Gasteiger partial charge is 0.289 e. The van der Waals surface area contributed by atoms with Gasteiger partial charge in [0, 0.05) is 11.1 Å². The van der Waals surface area contributed by atoms with Gasteiger partial charge in [0.1, 0.15) is 0 Å². The molecule has 0 heterocycles. The van der Waals surface area contributed by atoms with E-state index >= 15 is 0 Å². The van der Waals surface area contributed by atoms with Gasteiger partial charge in [0.15, 0.2) is 5.78 Å². The summed E-state index contributed by atoms with van der Waals surface area (Å²) in [6, 6.07) is 20.3. The third-order valence-corrected chi connectivity index (χ3v) is 7.00. The van der Waals surface area contributed by atoms with Crippen LogP contribution < -0.4 is 0 Å². The minimum absolute atomic E-state index is 0.109. The zero-order chi connectivity index (χ0) is 17.6. The Morgan fingerprint density at radius 1 is 0.769 bits per heavy atom. The van der Waals surface area contributed by atoms with Crippen LogP contribution in [0.3, 0.4) is 0 Å². The minimum atomic E-state index is 0.109. The SMILES string of the molecule is O=C(C(=Cc1ccccc1)C12CC3CC(CC(C3)C1)C2)c1ccccc1. The maximum atomic E-state index is 13.6. The van der Waals surface area contributed by atoms with Crippen LogP contribution in [-0.4, -0.2) is 5.78 Å². The van der Waals surface area contributed by atoms with Crippen LogP contribution in [0.5, 0.6) is 0 Å². The molecule has 1 nitrogen and oxygen atoms in total. The molecule has 0 aromatic heterocycles. The lowest BCUT2D eigenvalue weighted by atomic mass is 9.47. The maximum absolute atomic E-state index is 13.6. The quantitative estimate of drug-likeness (QED) is 0.480. The van der Waals surface area contributed by atoms with Crippen LogP contribution in [0.1, 0.15) is 54.4 Å². The Kier molecular flexibility index (Phi) is 3.85. The summed E-state index contributed by atoms with van der Waals surface area (Å²) in [5, 5.41) is 0. The highest BCUT2D eigenvalue weighted by atomic mass is 16.1. The number of carbonyl (C=O) groups excluding carboxylic acids is 1. The van der Waals surface area contributed by atoms with E-state index in [-0.39, 0.29) is 11.2 Å². The molecule has 4 fully saturated rings. The molecule has 4 aliphatic carbocycles. The molecule has 0 saturated heterocycles. The van der Waals surface area contributed by atoms with Crippen LogP contribution in [0.2, 0.25) is 0 Å². The van der Waals surface area contributed by atoms with Crippen LogP contribution in [0.25, 0.3) is 6.08 Å². The molecule has 26 heavy (non-hydrogen) atoms. The lowest BCUT2D eigenvalue weighted by Gasteiger charge is -2.57. The summed E-state index contributed by atoms with van der Waals surface area (Å²) in [5.41, 5.74) is 3.18. The van der Waals surface area contributed by atoms with E-state index in [9.17, 15) is 4.79 Å². The third kappa shape index (κ3) is 2.74. The summed E-state index contributed by atoms with van der Waals surface area (Å²) < 4.78 is 0. The van der Waals surface area contributed by atoms with Crippen molar-refractivity contribution in [1.29, 1.82) is 0 Å². The predicted octanol–water partition coefficient (Wildman–Crippen LogP) is 6.17. The van der Waals surface area contributed by atoms with E-state index < -0.39 is 0 Å². The summed E-state index contributed by atoms with van der Waals surface area (Å²) in [6.45, 7) is 0. The number of allylic oxidation sites excluding steroid dienone is 1. The number of carbonyl (C=O) groups is 1. The number of hydrogen-bond donors (Lipinski definition) is 0. The molecular formula is C25H26O. The van der Waals surface area contributed by atoms with Crippen molar-refractivity contribution in [3.63, 3.8) is 0 Å². The first-order valence-electron chi connectivity index (χ1n) is 10.1. The highest BCUT2D eigenvalue weighted by Gasteiger charge is 2.53. The normalized spacial score (nSPS) is 32.6. The summed E-state index contributed by atoms with van der Waals surface area (Å²) >= 11 is 0. The first-order valence-corrected chi connectivity index (χ1v) is 10.1. The number of ketones is 1. The molecule has 0 amide bonds. The van der Waals surface area contributed by atoms with Gasteiger partial charge in [0.25, 0.3) is 0 Å². The fourth-order valence-corrected chi connectivity index (χ4v) is 6.36. The second-order valence-corrected chi connectivity index (χ2v) is 8.86. The maximum Gasteiger partial charge on any atom is 0.189 e. The minimum Gasteiger partial charge on any atom is -0.289 e. The van der Waals surface area contributed by atoms with E-state index in [1.807, 2.05) is 36.4 Å². The Hall–Kier alpha value is -2.15. The Balaban J connectivity index is 1.61. The van der Waals surface area contributed by atoms with Gasteiger partial charge in [-0.05, 0) is 73.3 Å². The standard InChI is InChI=1S/C25H26O/c26-24(22-9-5-2-6-10-22)23(14-18-7-3-1-4-8-18)25-15-19-11-20(16-25)13-21(12-19)17-25/h1-10,14,19-21H,11-13,15-17H2. The molecule has 0 N–H and O–H groups in total. The van der Waals surface area contributed by atoms with Crippen LogP contribution in [0.4, 0.5) is 0 Å². The lowest BCUT2D eigenvalue weighted by molar-refractivity contribution is -0.0292. The molecular weight excluding hydrogens is 316 g/mol. The Labute approximate surface area is 156 Å². The first-order chi connectivity index (χ1) is 12.7. The second-order valence-electron chi connectivity index (χ2n) is 8.86. The lowest BCUT2D eigenvalue weighted by Crippen LogP contribution is -2.48. The molecule has 4 bridgehead atoms. The van der Waals surface area contributed by atoms with Crippen molar-refractivity contribution >= 4 is 11.9 Å². The summed E-state index contributed by atoms with van der Waals surface area (Å²) in [6.07, 6.45) is 10.1. The first kappa shape index (κ1) is 16.1. The molecule has 132 valence electrons. The van der Waals surface area contributed by atoms with Gasteiger partial charge in [-0.25, -0.2) is 0 Å². The molecule has 4 saturated carbocycles. The fraction of sp³-hybridized carbons (Fsp3) is 0.400. The highest BCUT2D eigenvalue weighted by molar-refractivity contribution is 6.12. The molecule has 1 heteroatoms. The molecule has 0 unspecified atom stereocenters. The van der Waals surface area contributed by atoms with Gasteiger partial charge in [-0.15, -0.1) is 0 Å². The van der Waals surface area contributed by atoms with Crippen LogP contribution in [-0.2, 0) is 0 Å². The van der Waals surface area contributed by atoms with Gasteiger partial charge in [0.05, 0.1) is 0 Å². The van der Waals surface area contributed by atoms with E-state index in [4.69, 9.17) is 0 Å². The average Bonchev–Trinajstić information content (AvgIpc) is 2.66. The topological polar surface area (TPSA) is 17.1 Å². The Morgan fingerprint density at radius 2 is 1.27 bits per heavy atom. The summed E-state index contributed by atoms with van der Waals surface area (Å²) in [4.78, 5) is 13.6. The van der Waals surface area contributed by atoms with Gasteiger partial charge >= 0.3 is 0 Å². The average molecular weight is 342 g/mol. The third-order valence-electron chi connectivity index (χ3n) is 7.00. The van der Waals surface area contributed by atoms with Crippen LogP contribution in [0, 0.1) is 23.2 Å². The monoisotopic (exact) mass is 342 g/mol. The van der Waals surface area contributed by atoms with Crippen LogP contribution >= 0.6 is 0 Å². The Morgan fingerprint density at radius 3 is 1.81 bits per heavy atom. The summed E-state index contributed by atoms with van der Waals surface area (Å²) in [5.74, 6) is 2.76. The van der Waals surface area contributed by atoms with Gasteiger partial charge in [-0.3, -0.25) is 4.79 Å². The zero-order valence-electron chi connectivity index (χ0n) is 15.2. The fourth-order valence-electron chi connectivity index (χ4n) is 6.36. The van der Waals surface area contributed by atoms with Gasteiger partial charge in [-0.2, -0.15) is 0 Å². The van der Waals surface area contributed by atoms with Gasteiger partial charge < -0.3 is 0 Å². The van der Waals surface area contributed by atoms with Gasteiger partial charge in [0.2, 0.25) is 0 Å². The second kappa shape index (κ2) is 6.23. The number of Topliss-reactive ketones (excluding diaryl/α,β-unsaturated/α-hetero) is 1. The van der Waals surface area contributed by atoms with Crippen molar-refractivity contribution < 1.29 is 4.79 Å². The number of benzene rings is 2. The van der Waals surface area contributed by atoms with Crippen molar-refractivity contribution in [2.24, 2.45) is 23.2 Å². The van der Waals surface area contributed by atoms with Crippen LogP contribution in [0.15, 0.2) is 66.2 Å².